The molecule has 0 aliphatic heterocycles. The van der Waals surface area contributed by atoms with Gasteiger partial charge < -0.3 is 10.6 Å². The minimum absolute atomic E-state index is 0.538. The van der Waals surface area contributed by atoms with Crippen molar-refractivity contribution < 1.29 is 0 Å². The second-order valence-electron chi connectivity index (χ2n) is 7.21. The molecular weight excluding hydrogens is 244 g/mol. The van der Waals surface area contributed by atoms with E-state index < -0.39 is 0 Å². The number of rotatable bonds is 11. The van der Waals surface area contributed by atoms with Crippen molar-refractivity contribution in [3.63, 3.8) is 0 Å². The number of fused-ring (bicyclic) bond motifs is 3. The van der Waals surface area contributed by atoms with Gasteiger partial charge in [-0.05, 0) is 57.4 Å². The van der Waals surface area contributed by atoms with Crippen molar-refractivity contribution in [1.82, 2.24) is 10.6 Å². The van der Waals surface area contributed by atoms with Crippen molar-refractivity contribution in [1.29, 1.82) is 0 Å². The van der Waals surface area contributed by atoms with Crippen molar-refractivity contribution >= 4 is 0 Å². The second-order valence-corrected chi connectivity index (χ2v) is 7.21. The van der Waals surface area contributed by atoms with Crippen LogP contribution in [0, 0.1) is 5.92 Å². The van der Waals surface area contributed by atoms with Crippen LogP contribution in [0.1, 0.15) is 84.0 Å². The lowest BCUT2D eigenvalue weighted by Gasteiger charge is -2.47. The maximum absolute atomic E-state index is 3.88. The molecule has 0 radical (unpaired) electrons. The highest BCUT2D eigenvalue weighted by molar-refractivity contribution is 4.98. The zero-order chi connectivity index (χ0) is 14.1. The van der Waals surface area contributed by atoms with Gasteiger partial charge in [-0.3, -0.25) is 0 Å². The second kappa shape index (κ2) is 9.04. The van der Waals surface area contributed by atoms with Crippen LogP contribution in [0.3, 0.4) is 0 Å². The van der Waals surface area contributed by atoms with Crippen LogP contribution in [0.25, 0.3) is 0 Å². The average Bonchev–Trinajstić information content (AvgIpc) is 2.51. The van der Waals surface area contributed by atoms with E-state index in [-0.39, 0.29) is 0 Å². The molecule has 0 saturated heterocycles. The molecule has 20 heavy (non-hydrogen) atoms. The lowest BCUT2D eigenvalue weighted by atomic mass is 9.66. The molecule has 0 aromatic rings. The van der Waals surface area contributed by atoms with Crippen LogP contribution in [-0.2, 0) is 0 Å². The fraction of sp³-hybridized carbons (Fsp3) is 1.00. The predicted octanol–water partition coefficient (Wildman–Crippen LogP) is 4.25. The highest BCUT2D eigenvalue weighted by Crippen LogP contribution is 2.43. The van der Waals surface area contributed by atoms with Crippen molar-refractivity contribution in [2.45, 2.75) is 89.5 Å². The summed E-state index contributed by atoms with van der Waals surface area (Å²) in [6, 6.07) is 0. The van der Waals surface area contributed by atoms with Gasteiger partial charge in [0, 0.05) is 18.6 Å². The molecule has 2 N–H and O–H groups in total. The SMILES string of the molecule is CCCCCCCCNCCNC12CCC(CC1)CC2. The van der Waals surface area contributed by atoms with Gasteiger partial charge >= 0.3 is 0 Å². The number of hydrogen-bond donors (Lipinski definition) is 2. The molecule has 0 atom stereocenters. The molecule has 2 nitrogen and oxygen atoms in total. The molecule has 118 valence electrons. The van der Waals surface area contributed by atoms with Gasteiger partial charge in [0.2, 0.25) is 0 Å². The summed E-state index contributed by atoms with van der Waals surface area (Å²) in [5.41, 5.74) is 0.538. The summed E-state index contributed by atoms with van der Waals surface area (Å²) in [7, 11) is 0. The third-order valence-electron chi connectivity index (χ3n) is 5.60. The van der Waals surface area contributed by atoms with Gasteiger partial charge in [-0.2, -0.15) is 0 Å². The Morgan fingerprint density at radius 1 is 0.800 bits per heavy atom. The van der Waals surface area contributed by atoms with Crippen LogP contribution in [0.2, 0.25) is 0 Å². The fourth-order valence-electron chi connectivity index (χ4n) is 4.09. The van der Waals surface area contributed by atoms with E-state index in [1.165, 1.54) is 90.1 Å². The van der Waals surface area contributed by atoms with E-state index in [0.717, 1.165) is 12.5 Å². The Bertz CT molecular complexity index is 230. The van der Waals surface area contributed by atoms with Crippen LogP contribution in [0.5, 0.6) is 0 Å². The van der Waals surface area contributed by atoms with E-state index >= 15 is 0 Å². The average molecular weight is 280 g/mol. The lowest BCUT2D eigenvalue weighted by Crippen LogP contribution is -2.53. The van der Waals surface area contributed by atoms with E-state index in [1.807, 2.05) is 0 Å². The van der Waals surface area contributed by atoms with Gasteiger partial charge in [-0.15, -0.1) is 0 Å². The maximum Gasteiger partial charge on any atom is 0.0182 e. The predicted molar refractivity (Wildman–Crippen MR) is 88.2 cm³/mol. The summed E-state index contributed by atoms with van der Waals surface area (Å²) in [6.07, 6.45) is 17.2. The van der Waals surface area contributed by atoms with Gasteiger partial charge in [0.15, 0.2) is 0 Å². The summed E-state index contributed by atoms with van der Waals surface area (Å²) < 4.78 is 0. The minimum Gasteiger partial charge on any atom is -0.315 e. The van der Waals surface area contributed by atoms with Crippen LogP contribution in [-0.4, -0.2) is 25.2 Å². The first-order valence-electron chi connectivity index (χ1n) is 9.30. The summed E-state index contributed by atoms with van der Waals surface area (Å²) in [4.78, 5) is 0. The van der Waals surface area contributed by atoms with E-state index in [2.05, 4.69) is 17.6 Å². The Labute approximate surface area is 126 Å². The third-order valence-corrected chi connectivity index (χ3v) is 5.60. The lowest BCUT2D eigenvalue weighted by molar-refractivity contribution is 0.106. The van der Waals surface area contributed by atoms with Crippen LogP contribution >= 0.6 is 0 Å². The standard InChI is InChI=1S/C18H36N2/c1-2-3-4-5-6-7-14-19-15-16-20-18-11-8-17(9-12-18)10-13-18/h17,19-20H,2-16H2,1H3. The third kappa shape index (κ3) is 5.37. The van der Waals surface area contributed by atoms with E-state index in [1.54, 1.807) is 0 Å². The van der Waals surface area contributed by atoms with Gasteiger partial charge in [0.25, 0.3) is 0 Å². The molecule has 3 rings (SSSR count). The first-order valence-corrected chi connectivity index (χ1v) is 9.30. The van der Waals surface area contributed by atoms with E-state index in [4.69, 9.17) is 0 Å². The molecule has 3 aliphatic carbocycles. The minimum atomic E-state index is 0.538. The molecular formula is C18H36N2. The molecule has 3 aliphatic rings. The molecule has 3 fully saturated rings. The Morgan fingerprint density at radius 2 is 1.45 bits per heavy atom. The topological polar surface area (TPSA) is 24.1 Å². The Hall–Kier alpha value is -0.0800. The summed E-state index contributed by atoms with van der Waals surface area (Å²) in [5, 5.41) is 7.49. The number of unbranched alkanes of at least 4 members (excludes halogenated alkanes) is 5. The van der Waals surface area contributed by atoms with Crippen molar-refractivity contribution in [3.05, 3.63) is 0 Å². The Kier molecular flexibility index (Phi) is 7.37. The molecule has 0 unspecified atom stereocenters. The monoisotopic (exact) mass is 280 g/mol. The molecule has 0 amide bonds. The smallest absolute Gasteiger partial charge is 0.0182 e. The molecule has 0 heterocycles. The van der Waals surface area contributed by atoms with Gasteiger partial charge in [-0.25, -0.2) is 0 Å². The number of hydrogen-bond acceptors (Lipinski definition) is 2. The molecule has 0 aromatic heterocycles. The van der Waals surface area contributed by atoms with Crippen molar-refractivity contribution in [2.24, 2.45) is 5.92 Å². The van der Waals surface area contributed by atoms with Crippen LogP contribution in [0.15, 0.2) is 0 Å². The Morgan fingerprint density at radius 3 is 2.15 bits per heavy atom. The molecule has 2 heteroatoms. The first-order chi connectivity index (χ1) is 9.85. The van der Waals surface area contributed by atoms with Gasteiger partial charge in [0.1, 0.15) is 0 Å². The highest BCUT2D eigenvalue weighted by Gasteiger charge is 2.39. The zero-order valence-electron chi connectivity index (χ0n) is 13.7. The fourth-order valence-corrected chi connectivity index (χ4v) is 4.09. The van der Waals surface area contributed by atoms with Gasteiger partial charge in [-0.1, -0.05) is 39.0 Å². The largest absolute Gasteiger partial charge is 0.315 e. The molecule has 3 saturated carbocycles. The number of nitrogens with one attached hydrogen (secondary N) is 2. The van der Waals surface area contributed by atoms with Crippen LogP contribution < -0.4 is 10.6 Å². The highest BCUT2D eigenvalue weighted by atomic mass is 15.0. The summed E-state index contributed by atoms with van der Waals surface area (Å²) in [5.74, 6) is 1.07. The van der Waals surface area contributed by atoms with Crippen LogP contribution in [0.4, 0.5) is 0 Å². The Balaban J connectivity index is 1.40. The van der Waals surface area contributed by atoms with E-state index in [0.29, 0.717) is 5.54 Å². The molecule has 0 spiro atoms. The maximum atomic E-state index is 3.88. The summed E-state index contributed by atoms with van der Waals surface area (Å²) >= 11 is 0. The normalized spacial score (nSPS) is 28.9. The van der Waals surface area contributed by atoms with E-state index in [9.17, 15) is 0 Å². The van der Waals surface area contributed by atoms with Crippen molar-refractivity contribution in [2.75, 3.05) is 19.6 Å². The van der Waals surface area contributed by atoms with Gasteiger partial charge in [0.05, 0.1) is 0 Å². The zero-order valence-corrected chi connectivity index (χ0v) is 13.7. The van der Waals surface area contributed by atoms with Crippen molar-refractivity contribution in [3.8, 4) is 0 Å². The first kappa shape index (κ1) is 16.3. The molecule has 2 bridgehead atoms. The summed E-state index contributed by atoms with van der Waals surface area (Å²) in [6.45, 7) is 5.82. The quantitative estimate of drug-likeness (QED) is 0.553. The molecule has 0 aromatic carbocycles.